The molecular weight excluding hydrogens is 140 g/mol. The Labute approximate surface area is 67.0 Å². The molecule has 3 heteroatoms. The molecule has 0 amide bonds. The minimum Gasteiger partial charge on any atom is -0.317 e. The summed E-state index contributed by atoms with van der Waals surface area (Å²) in [6.45, 7) is 3.25. The zero-order valence-corrected chi connectivity index (χ0v) is 6.76. The number of nitriles is 1. The molecule has 11 heavy (non-hydrogen) atoms. The van der Waals surface area contributed by atoms with E-state index in [9.17, 15) is 5.11 Å². The third-order valence-electron chi connectivity index (χ3n) is 2.34. The molecule has 0 saturated carbocycles. The molecule has 0 aromatic carbocycles. The van der Waals surface area contributed by atoms with E-state index in [0.29, 0.717) is 0 Å². The van der Waals surface area contributed by atoms with Crippen LogP contribution in [-0.4, -0.2) is 18.7 Å². The predicted octanol–water partition coefficient (Wildman–Crippen LogP) is 0.699. The van der Waals surface area contributed by atoms with Crippen molar-refractivity contribution in [3.05, 3.63) is 0 Å². The van der Waals surface area contributed by atoms with Gasteiger partial charge in [0, 0.05) is 5.92 Å². The number of nitrogens with zero attached hydrogens (tertiary/aromatic N) is 1. The van der Waals surface area contributed by atoms with Crippen LogP contribution in [0.5, 0.6) is 0 Å². The SMILES string of the molecule is CC([O])(C#N)C1CCNCC1. The fourth-order valence-corrected chi connectivity index (χ4v) is 1.46. The van der Waals surface area contributed by atoms with E-state index in [2.05, 4.69) is 5.32 Å². The van der Waals surface area contributed by atoms with Gasteiger partial charge in [-0.2, -0.15) is 5.26 Å². The molecule has 1 atom stereocenters. The molecule has 0 spiro atoms. The molecule has 0 aliphatic carbocycles. The first-order valence-electron chi connectivity index (χ1n) is 3.99. The van der Waals surface area contributed by atoms with Gasteiger partial charge in [0.2, 0.25) is 0 Å². The minimum absolute atomic E-state index is 0.0359. The van der Waals surface area contributed by atoms with Gasteiger partial charge in [-0.15, -0.1) is 0 Å². The van der Waals surface area contributed by atoms with E-state index in [-0.39, 0.29) is 5.92 Å². The second-order valence-electron chi connectivity index (χ2n) is 3.24. The maximum atomic E-state index is 11.4. The number of nitrogens with one attached hydrogen (secondary N) is 1. The molecule has 1 saturated heterocycles. The molecular formula is C8H13N2O. The van der Waals surface area contributed by atoms with Crippen LogP contribution in [0.4, 0.5) is 0 Å². The van der Waals surface area contributed by atoms with Crippen molar-refractivity contribution in [1.82, 2.24) is 5.32 Å². The average Bonchev–Trinajstić information content (AvgIpc) is 2.06. The molecule has 1 aliphatic rings. The molecule has 1 N–H and O–H groups in total. The fraction of sp³-hybridized carbons (Fsp3) is 0.875. The number of piperidine rings is 1. The Morgan fingerprint density at radius 1 is 1.55 bits per heavy atom. The van der Waals surface area contributed by atoms with Crippen molar-refractivity contribution in [3.8, 4) is 6.07 Å². The number of hydrogen-bond donors (Lipinski definition) is 1. The molecule has 1 aliphatic heterocycles. The summed E-state index contributed by atoms with van der Waals surface area (Å²) >= 11 is 0. The van der Waals surface area contributed by atoms with Crippen molar-refractivity contribution >= 4 is 0 Å². The number of hydrogen-bond acceptors (Lipinski definition) is 2. The normalized spacial score (nSPS) is 25.5. The monoisotopic (exact) mass is 153 g/mol. The molecule has 61 valence electrons. The highest BCUT2D eigenvalue weighted by Crippen LogP contribution is 2.25. The van der Waals surface area contributed by atoms with Gasteiger partial charge in [-0.3, -0.25) is 0 Å². The molecule has 0 aromatic heterocycles. The lowest BCUT2D eigenvalue weighted by Crippen LogP contribution is -2.39. The molecule has 1 rings (SSSR count). The van der Waals surface area contributed by atoms with Crippen molar-refractivity contribution in [1.29, 1.82) is 5.26 Å². The van der Waals surface area contributed by atoms with E-state index >= 15 is 0 Å². The van der Waals surface area contributed by atoms with Gasteiger partial charge in [-0.25, -0.2) is 5.11 Å². The van der Waals surface area contributed by atoms with Gasteiger partial charge in [-0.05, 0) is 32.9 Å². The highest BCUT2D eigenvalue weighted by molar-refractivity contribution is 5.01. The van der Waals surface area contributed by atoms with Crippen LogP contribution < -0.4 is 5.32 Å². The van der Waals surface area contributed by atoms with E-state index in [1.54, 1.807) is 0 Å². The van der Waals surface area contributed by atoms with Crippen molar-refractivity contribution in [2.24, 2.45) is 5.92 Å². The predicted molar refractivity (Wildman–Crippen MR) is 40.3 cm³/mol. The van der Waals surface area contributed by atoms with Gasteiger partial charge in [0.25, 0.3) is 0 Å². The van der Waals surface area contributed by atoms with Gasteiger partial charge in [0.05, 0.1) is 0 Å². The summed E-state index contributed by atoms with van der Waals surface area (Å²) in [6, 6.07) is 1.83. The summed E-state index contributed by atoms with van der Waals surface area (Å²) in [6.07, 6.45) is 1.68. The summed E-state index contributed by atoms with van der Waals surface area (Å²) in [5.41, 5.74) is -1.37. The first kappa shape index (κ1) is 8.51. The summed E-state index contributed by atoms with van der Waals surface area (Å²) < 4.78 is 0. The maximum absolute atomic E-state index is 11.4. The molecule has 1 radical (unpaired) electrons. The largest absolute Gasteiger partial charge is 0.317 e. The van der Waals surface area contributed by atoms with Crippen molar-refractivity contribution < 1.29 is 5.11 Å². The van der Waals surface area contributed by atoms with Crippen LogP contribution in [0.2, 0.25) is 0 Å². The molecule has 1 fully saturated rings. The molecule has 0 aromatic rings. The van der Waals surface area contributed by atoms with Gasteiger partial charge in [-0.1, -0.05) is 0 Å². The second-order valence-corrected chi connectivity index (χ2v) is 3.24. The van der Waals surface area contributed by atoms with Gasteiger partial charge in [0.1, 0.15) is 6.07 Å². The van der Waals surface area contributed by atoms with Crippen molar-refractivity contribution in [3.63, 3.8) is 0 Å². The smallest absolute Gasteiger partial charge is 0.189 e. The summed E-state index contributed by atoms with van der Waals surface area (Å²) in [5, 5.41) is 23.2. The van der Waals surface area contributed by atoms with Crippen LogP contribution in [0, 0.1) is 17.2 Å². The van der Waals surface area contributed by atoms with Crippen LogP contribution in [-0.2, 0) is 5.11 Å². The van der Waals surface area contributed by atoms with Crippen molar-refractivity contribution in [2.45, 2.75) is 25.4 Å². The molecule has 1 heterocycles. The lowest BCUT2D eigenvalue weighted by Gasteiger charge is -2.28. The second kappa shape index (κ2) is 3.21. The van der Waals surface area contributed by atoms with Crippen LogP contribution in [0.25, 0.3) is 0 Å². The quantitative estimate of drug-likeness (QED) is 0.602. The topological polar surface area (TPSA) is 55.7 Å². The summed E-state index contributed by atoms with van der Waals surface area (Å²) in [5.74, 6) is 0.0359. The fourth-order valence-electron chi connectivity index (χ4n) is 1.46. The van der Waals surface area contributed by atoms with Crippen LogP contribution in [0.1, 0.15) is 19.8 Å². The van der Waals surface area contributed by atoms with E-state index in [4.69, 9.17) is 5.26 Å². The maximum Gasteiger partial charge on any atom is 0.189 e. The van der Waals surface area contributed by atoms with Gasteiger partial charge >= 0.3 is 0 Å². The highest BCUT2D eigenvalue weighted by Gasteiger charge is 2.34. The van der Waals surface area contributed by atoms with E-state index < -0.39 is 5.60 Å². The van der Waals surface area contributed by atoms with Crippen molar-refractivity contribution in [2.75, 3.05) is 13.1 Å². The van der Waals surface area contributed by atoms with Crippen LogP contribution in [0.15, 0.2) is 0 Å². The Bertz CT molecular complexity index is 165. The van der Waals surface area contributed by atoms with E-state index in [0.717, 1.165) is 25.9 Å². The molecule has 3 nitrogen and oxygen atoms in total. The van der Waals surface area contributed by atoms with Gasteiger partial charge in [0.15, 0.2) is 5.60 Å². The Morgan fingerprint density at radius 3 is 2.55 bits per heavy atom. The molecule has 0 bridgehead atoms. The van der Waals surface area contributed by atoms with Crippen LogP contribution in [0.3, 0.4) is 0 Å². The summed E-state index contributed by atoms with van der Waals surface area (Å²) in [7, 11) is 0. The standard InChI is InChI=1S/C8H13N2O/c1-8(11,6-9)7-2-4-10-5-3-7/h7,10H,2-5H2,1H3. The third-order valence-corrected chi connectivity index (χ3v) is 2.34. The first-order chi connectivity index (χ1) is 5.17. The Balaban J connectivity index is 2.52. The first-order valence-corrected chi connectivity index (χ1v) is 3.99. The summed E-state index contributed by atoms with van der Waals surface area (Å²) in [4.78, 5) is 0. The lowest BCUT2D eigenvalue weighted by molar-refractivity contribution is -0.0243. The third kappa shape index (κ3) is 1.92. The number of rotatable bonds is 1. The zero-order chi connectivity index (χ0) is 8.32. The average molecular weight is 153 g/mol. The zero-order valence-electron chi connectivity index (χ0n) is 6.76. The minimum atomic E-state index is -1.37. The van der Waals surface area contributed by atoms with Crippen LogP contribution >= 0.6 is 0 Å². The Morgan fingerprint density at radius 2 is 2.09 bits per heavy atom. The highest BCUT2D eigenvalue weighted by atomic mass is 16.3. The van der Waals surface area contributed by atoms with E-state index in [1.807, 2.05) is 6.07 Å². The Hall–Kier alpha value is -0.590. The van der Waals surface area contributed by atoms with E-state index in [1.165, 1.54) is 6.92 Å². The lowest BCUT2D eigenvalue weighted by atomic mass is 9.83. The van der Waals surface area contributed by atoms with Gasteiger partial charge < -0.3 is 5.32 Å². The molecule has 1 unspecified atom stereocenters. The Kier molecular flexibility index (Phi) is 2.48.